The van der Waals surface area contributed by atoms with Crippen molar-refractivity contribution in [3.63, 3.8) is 0 Å². The van der Waals surface area contributed by atoms with Crippen LogP contribution in [0.4, 0.5) is 11.4 Å². The first-order chi connectivity index (χ1) is 32.0. The first-order valence-corrected chi connectivity index (χ1v) is 25.7. The molecule has 4 heterocycles. The number of hydrogen-bond acceptors (Lipinski definition) is 9. The van der Waals surface area contributed by atoms with Crippen LogP contribution in [-0.4, -0.2) is 65.1 Å². The number of rotatable bonds is 7. The fourth-order valence-corrected chi connectivity index (χ4v) is 7.36. The quantitative estimate of drug-likeness (QED) is 0.129. The summed E-state index contributed by atoms with van der Waals surface area (Å²) in [6, 6.07) is 35.4. The number of imidazole rings is 2. The Morgan fingerprint density at radius 3 is 1.30 bits per heavy atom. The number of sulfone groups is 2. The lowest BCUT2D eigenvalue weighted by Crippen LogP contribution is -2.14. The number of aromatic nitrogens is 4. The summed E-state index contributed by atoms with van der Waals surface area (Å²) in [6.45, 7) is 19.3. The van der Waals surface area contributed by atoms with E-state index in [4.69, 9.17) is 10.8 Å². The van der Waals surface area contributed by atoms with Gasteiger partial charge in [0.05, 0.1) is 26.7 Å². The van der Waals surface area contributed by atoms with Crippen molar-refractivity contribution < 1.29 is 31.5 Å². The van der Waals surface area contributed by atoms with Crippen LogP contribution >= 0.6 is 0 Å². The summed E-state index contributed by atoms with van der Waals surface area (Å²) in [6.07, 6.45) is 10.1. The molecule has 0 aliphatic rings. The van der Waals surface area contributed by atoms with E-state index in [1.54, 1.807) is 13.8 Å². The van der Waals surface area contributed by atoms with Crippen molar-refractivity contribution in [1.82, 2.24) is 18.8 Å². The minimum absolute atomic E-state index is 0.123. The highest BCUT2D eigenvalue weighted by atomic mass is 32.2. The largest absolute Gasteiger partial charge is 0.478 e. The highest BCUT2D eigenvalue weighted by Crippen LogP contribution is 2.24. The lowest BCUT2D eigenvalue weighted by Gasteiger charge is -2.09. The van der Waals surface area contributed by atoms with Crippen molar-refractivity contribution in [2.45, 2.75) is 79.0 Å². The van der Waals surface area contributed by atoms with Crippen LogP contribution in [0.15, 0.2) is 156 Å². The average molecular weight is 949 g/mol. The number of amides is 1. The molecule has 0 unspecified atom stereocenters. The van der Waals surface area contributed by atoms with Gasteiger partial charge < -0.3 is 25.0 Å². The number of nitrogens with one attached hydrogen (secondary N) is 1. The lowest BCUT2D eigenvalue weighted by atomic mass is 10.1. The number of pyridine rings is 2. The standard InChI is InChI=1S/C22H19N3O3S.C13H11N3.C9H10O4S.4C2H6/c1-15-13-18(29(2,27)28)10-11-19(15)22(26)23-17-8-6-16(7-9-17)20-14-25-12-4-3-5-21(25)24-20;14-11-6-4-10(5-7-11)12-9-16-8-2-1-3-13(16)15-12;1-6-5-7(14(2,12)13)3-4-8(6)9(10)11;4*1-2/h3-14H,1-2H3,(H,23,26);1-9H,14H2;3-5H,1-2H3,(H,10,11);4*1-2H3. The fourth-order valence-electron chi connectivity index (χ4n) is 5.95. The molecule has 1 amide bonds. The van der Waals surface area contributed by atoms with Crippen molar-refractivity contribution in [3.8, 4) is 22.5 Å². The molecular formula is C52H64N6O7S2. The number of aromatic carboxylic acids is 1. The van der Waals surface area contributed by atoms with Crippen LogP contribution in [0.1, 0.15) is 87.2 Å². The molecular weight excluding hydrogens is 885 g/mol. The Kier molecular flexibility index (Phi) is 22.4. The fraction of sp³-hybridized carbons (Fsp3) is 0.231. The highest BCUT2D eigenvalue weighted by Gasteiger charge is 2.15. The second-order valence-corrected chi connectivity index (χ2v) is 17.7. The summed E-state index contributed by atoms with van der Waals surface area (Å²) in [7, 11) is -6.57. The van der Waals surface area contributed by atoms with Gasteiger partial charge in [-0.05, 0) is 110 Å². The Bertz CT molecular complexity index is 2990. The third-order valence-corrected chi connectivity index (χ3v) is 11.3. The Labute approximate surface area is 396 Å². The van der Waals surface area contributed by atoms with Gasteiger partial charge in [-0.3, -0.25) is 4.79 Å². The van der Waals surface area contributed by atoms with Crippen LogP contribution in [0.2, 0.25) is 0 Å². The van der Waals surface area contributed by atoms with Gasteiger partial charge in [-0.1, -0.05) is 91.8 Å². The smallest absolute Gasteiger partial charge is 0.335 e. The van der Waals surface area contributed by atoms with E-state index < -0.39 is 25.6 Å². The molecule has 4 N–H and O–H groups in total. The number of carbonyl (C=O) groups is 2. The molecule has 4 aromatic carbocycles. The molecule has 356 valence electrons. The zero-order valence-corrected chi connectivity index (χ0v) is 42.1. The second-order valence-electron chi connectivity index (χ2n) is 13.6. The molecule has 0 atom stereocenters. The molecule has 4 aromatic heterocycles. The van der Waals surface area contributed by atoms with Crippen molar-refractivity contribution >= 4 is 54.2 Å². The second kappa shape index (κ2) is 26.8. The first kappa shape index (κ1) is 56.0. The van der Waals surface area contributed by atoms with Gasteiger partial charge in [-0.2, -0.15) is 0 Å². The number of anilines is 2. The van der Waals surface area contributed by atoms with E-state index in [1.165, 1.54) is 36.4 Å². The first-order valence-electron chi connectivity index (χ1n) is 22.0. The van der Waals surface area contributed by atoms with E-state index in [0.29, 0.717) is 22.4 Å². The van der Waals surface area contributed by atoms with Gasteiger partial charge in [-0.15, -0.1) is 0 Å². The van der Waals surface area contributed by atoms with Gasteiger partial charge in [0.15, 0.2) is 19.7 Å². The minimum Gasteiger partial charge on any atom is -0.478 e. The SMILES string of the molecule is CC.CC.CC.CC.Cc1cc(S(C)(=O)=O)ccc1C(=O)Nc1ccc(-c2cn3ccccc3n2)cc1.Cc1cc(S(C)(=O)=O)ccc1C(=O)O.Nc1ccc(-c2cn3ccccc3n2)cc1. The maximum absolute atomic E-state index is 12.6. The number of aryl methyl sites for hydroxylation is 2. The number of carboxylic acid groups (broad SMARTS) is 1. The highest BCUT2D eigenvalue weighted by molar-refractivity contribution is 7.91. The normalized spacial score (nSPS) is 10.3. The predicted molar refractivity (Wildman–Crippen MR) is 275 cm³/mol. The van der Waals surface area contributed by atoms with Crippen molar-refractivity contribution in [2.24, 2.45) is 0 Å². The van der Waals surface area contributed by atoms with Gasteiger partial charge in [0, 0.05) is 65.4 Å². The topological polar surface area (TPSA) is 195 Å². The van der Waals surface area contributed by atoms with E-state index in [9.17, 15) is 26.4 Å². The van der Waals surface area contributed by atoms with Crippen LogP contribution in [0.25, 0.3) is 33.8 Å². The molecule has 0 saturated carbocycles. The molecule has 0 saturated heterocycles. The summed E-state index contributed by atoms with van der Waals surface area (Å²) in [5.41, 5.74) is 14.3. The predicted octanol–water partition coefficient (Wildman–Crippen LogP) is 11.8. The van der Waals surface area contributed by atoms with Crippen LogP contribution in [-0.2, 0) is 19.7 Å². The van der Waals surface area contributed by atoms with Crippen LogP contribution < -0.4 is 11.1 Å². The molecule has 15 heteroatoms. The molecule has 0 radical (unpaired) electrons. The van der Waals surface area contributed by atoms with E-state index in [0.717, 1.165) is 52.0 Å². The van der Waals surface area contributed by atoms with Gasteiger partial charge in [0.1, 0.15) is 11.3 Å². The molecule has 67 heavy (non-hydrogen) atoms. The van der Waals surface area contributed by atoms with Gasteiger partial charge in [0.2, 0.25) is 0 Å². The van der Waals surface area contributed by atoms with Crippen molar-refractivity contribution in [2.75, 3.05) is 23.6 Å². The van der Waals surface area contributed by atoms with E-state index in [-0.39, 0.29) is 21.3 Å². The van der Waals surface area contributed by atoms with Crippen LogP contribution in [0.5, 0.6) is 0 Å². The Balaban J connectivity index is 0.000000345. The van der Waals surface area contributed by atoms with E-state index in [1.807, 2.05) is 174 Å². The Morgan fingerprint density at radius 1 is 0.552 bits per heavy atom. The zero-order chi connectivity index (χ0) is 50.5. The lowest BCUT2D eigenvalue weighted by molar-refractivity contribution is 0.0695. The van der Waals surface area contributed by atoms with Gasteiger partial charge >= 0.3 is 5.97 Å². The van der Waals surface area contributed by atoms with Crippen molar-refractivity contribution in [3.05, 3.63) is 168 Å². The maximum Gasteiger partial charge on any atom is 0.335 e. The molecule has 0 aliphatic heterocycles. The summed E-state index contributed by atoms with van der Waals surface area (Å²) in [5.74, 6) is -1.34. The molecule has 0 spiro atoms. The van der Waals surface area contributed by atoms with Crippen molar-refractivity contribution in [1.29, 1.82) is 0 Å². The molecule has 0 aliphatic carbocycles. The van der Waals surface area contributed by atoms with Gasteiger partial charge in [0.25, 0.3) is 5.91 Å². The molecule has 0 bridgehead atoms. The van der Waals surface area contributed by atoms with Crippen LogP contribution in [0, 0.1) is 13.8 Å². The van der Waals surface area contributed by atoms with Gasteiger partial charge in [-0.25, -0.2) is 31.6 Å². The minimum atomic E-state index is -3.31. The number of nitrogens with two attached hydrogens (primary N) is 1. The summed E-state index contributed by atoms with van der Waals surface area (Å²) in [5, 5.41) is 11.6. The van der Waals surface area contributed by atoms with E-state index >= 15 is 0 Å². The number of carbonyl (C=O) groups excluding carboxylic acids is 1. The maximum atomic E-state index is 12.6. The monoisotopic (exact) mass is 948 g/mol. The third kappa shape index (κ3) is 16.1. The Hall–Kier alpha value is -7.10. The van der Waals surface area contributed by atoms with Crippen LogP contribution in [0.3, 0.4) is 0 Å². The summed E-state index contributed by atoms with van der Waals surface area (Å²) < 4.78 is 49.5. The summed E-state index contributed by atoms with van der Waals surface area (Å²) in [4.78, 5) is 32.7. The van der Waals surface area contributed by atoms with E-state index in [2.05, 4.69) is 15.3 Å². The third-order valence-electron chi connectivity index (χ3n) is 9.10. The Morgan fingerprint density at radius 2 is 0.940 bits per heavy atom. The number of fused-ring (bicyclic) bond motifs is 2. The summed E-state index contributed by atoms with van der Waals surface area (Å²) >= 11 is 0. The number of nitrogens with zero attached hydrogens (tertiary/aromatic N) is 4. The number of benzene rings is 4. The average Bonchev–Trinajstić information content (AvgIpc) is 3.97. The number of carboxylic acids is 1. The molecule has 8 rings (SSSR count). The molecule has 13 nitrogen and oxygen atoms in total. The number of hydrogen-bond donors (Lipinski definition) is 3. The molecule has 0 fully saturated rings. The molecule has 8 aromatic rings. The zero-order valence-electron chi connectivity index (χ0n) is 40.4. The number of nitrogen functional groups attached to an aromatic ring is 1.